The van der Waals surface area contributed by atoms with E-state index in [0.717, 1.165) is 0 Å². The monoisotopic (exact) mass is 572 g/mol. The van der Waals surface area contributed by atoms with Gasteiger partial charge in [-0.3, -0.25) is 19.2 Å². The van der Waals surface area contributed by atoms with E-state index in [2.05, 4.69) is 10.6 Å². The number of carbonyl (C=O) groups excluding carboxylic acids is 4. The van der Waals surface area contributed by atoms with E-state index < -0.39 is 33.6 Å². The van der Waals surface area contributed by atoms with Gasteiger partial charge in [-0.15, -0.1) is 0 Å². The van der Waals surface area contributed by atoms with Gasteiger partial charge in [0, 0.05) is 36.3 Å². The Labute approximate surface area is 235 Å². The van der Waals surface area contributed by atoms with E-state index in [1.165, 1.54) is 111 Å². The minimum atomic E-state index is -3.87. The van der Waals surface area contributed by atoms with Crippen LogP contribution in [-0.4, -0.2) is 32.2 Å². The Hall–Kier alpha value is -5.29. The minimum Gasteiger partial charge on any atom is -0.427 e. The van der Waals surface area contributed by atoms with Crippen LogP contribution in [0, 0.1) is 0 Å². The predicted molar refractivity (Wildman–Crippen MR) is 150 cm³/mol. The Kier molecular flexibility index (Phi) is 8.59. The van der Waals surface area contributed by atoms with Crippen LogP contribution in [0.1, 0.15) is 34.6 Å². The summed E-state index contributed by atoms with van der Waals surface area (Å²) in [6.07, 6.45) is 0. The molecule has 208 valence electrons. The topological polar surface area (TPSA) is 145 Å². The van der Waals surface area contributed by atoms with Gasteiger partial charge >= 0.3 is 11.9 Å². The standard InChI is InChI=1S/C30H24N2O8S/c1-19(33)39-25-11-3-21(4-12-25)29(35)31-23-7-15-27(16-8-23)41(37,38)28-17-9-24(10-18-28)32-30(36)22-5-13-26(14-6-22)40-20(2)34/h3-18H,1-2H3,(H,31,35)(H,32,36). The molecule has 2 N–H and O–H groups in total. The number of sulfone groups is 1. The second kappa shape index (κ2) is 12.3. The molecule has 0 saturated heterocycles. The van der Waals surface area contributed by atoms with E-state index in [1.54, 1.807) is 0 Å². The Morgan fingerprint density at radius 1 is 0.512 bits per heavy atom. The molecule has 4 rings (SSSR count). The molecule has 0 unspecified atom stereocenters. The molecule has 0 radical (unpaired) electrons. The van der Waals surface area contributed by atoms with Crippen LogP contribution in [0.4, 0.5) is 11.4 Å². The van der Waals surface area contributed by atoms with Crippen molar-refractivity contribution in [1.82, 2.24) is 0 Å². The summed E-state index contributed by atoms with van der Waals surface area (Å²) >= 11 is 0. The number of hydrogen-bond acceptors (Lipinski definition) is 8. The molecule has 0 aliphatic heterocycles. The number of anilines is 2. The van der Waals surface area contributed by atoms with Gasteiger partial charge in [0.1, 0.15) is 11.5 Å². The maximum atomic E-state index is 13.1. The summed E-state index contributed by atoms with van der Waals surface area (Å²) in [7, 11) is -3.87. The zero-order valence-corrected chi connectivity index (χ0v) is 22.7. The first-order valence-electron chi connectivity index (χ1n) is 12.2. The number of carbonyl (C=O) groups is 4. The third kappa shape index (κ3) is 7.43. The molecule has 2 amide bonds. The maximum absolute atomic E-state index is 13.1. The summed E-state index contributed by atoms with van der Waals surface area (Å²) in [6, 6.07) is 23.4. The molecular weight excluding hydrogens is 548 g/mol. The van der Waals surface area contributed by atoms with Crippen LogP contribution in [-0.2, 0) is 19.4 Å². The van der Waals surface area contributed by atoms with E-state index in [9.17, 15) is 27.6 Å². The molecule has 4 aromatic carbocycles. The normalized spacial score (nSPS) is 10.8. The van der Waals surface area contributed by atoms with Gasteiger partial charge in [-0.25, -0.2) is 8.42 Å². The number of ether oxygens (including phenoxy) is 2. The quantitative estimate of drug-likeness (QED) is 0.225. The molecule has 0 atom stereocenters. The fourth-order valence-electron chi connectivity index (χ4n) is 3.66. The van der Waals surface area contributed by atoms with Gasteiger partial charge in [0.2, 0.25) is 9.84 Å². The van der Waals surface area contributed by atoms with E-state index >= 15 is 0 Å². The summed E-state index contributed by atoms with van der Waals surface area (Å²) < 4.78 is 36.1. The van der Waals surface area contributed by atoms with Crippen molar-refractivity contribution in [2.75, 3.05) is 10.6 Å². The summed E-state index contributed by atoms with van der Waals surface area (Å²) in [5.41, 5.74) is 1.42. The average molecular weight is 573 g/mol. The number of benzene rings is 4. The van der Waals surface area contributed by atoms with Crippen molar-refractivity contribution in [3.05, 3.63) is 108 Å². The molecule has 11 heteroatoms. The number of esters is 2. The molecule has 0 aliphatic carbocycles. The summed E-state index contributed by atoms with van der Waals surface area (Å²) in [6.45, 7) is 2.55. The highest BCUT2D eigenvalue weighted by Crippen LogP contribution is 2.24. The molecule has 0 aliphatic rings. The maximum Gasteiger partial charge on any atom is 0.308 e. The van der Waals surface area contributed by atoms with Crippen molar-refractivity contribution >= 4 is 45.0 Å². The second-order valence-electron chi connectivity index (χ2n) is 8.70. The zero-order chi connectivity index (χ0) is 29.6. The fraction of sp³-hybridized carbons (Fsp3) is 0.0667. The molecule has 10 nitrogen and oxygen atoms in total. The van der Waals surface area contributed by atoms with E-state index in [0.29, 0.717) is 34.0 Å². The molecule has 41 heavy (non-hydrogen) atoms. The van der Waals surface area contributed by atoms with Crippen LogP contribution in [0.15, 0.2) is 107 Å². The smallest absolute Gasteiger partial charge is 0.308 e. The lowest BCUT2D eigenvalue weighted by Gasteiger charge is -2.10. The lowest BCUT2D eigenvalue weighted by Crippen LogP contribution is -2.12. The molecule has 0 fully saturated rings. The largest absolute Gasteiger partial charge is 0.427 e. The SMILES string of the molecule is CC(=O)Oc1ccc(C(=O)Nc2ccc(S(=O)(=O)c3ccc(NC(=O)c4ccc(OC(C)=O)cc4)cc3)cc2)cc1. The van der Waals surface area contributed by atoms with Crippen LogP contribution >= 0.6 is 0 Å². The molecule has 0 saturated carbocycles. The van der Waals surface area contributed by atoms with Crippen LogP contribution in [0.25, 0.3) is 0 Å². The predicted octanol–water partition coefficient (Wildman–Crippen LogP) is 4.87. The van der Waals surface area contributed by atoms with Crippen LogP contribution < -0.4 is 20.1 Å². The molecule has 4 aromatic rings. The van der Waals surface area contributed by atoms with Crippen LogP contribution in [0.2, 0.25) is 0 Å². The van der Waals surface area contributed by atoms with Gasteiger partial charge in [-0.05, 0) is 97.1 Å². The Balaban J connectivity index is 1.38. The van der Waals surface area contributed by atoms with Gasteiger partial charge in [0.05, 0.1) is 9.79 Å². The number of hydrogen-bond donors (Lipinski definition) is 2. The first-order valence-corrected chi connectivity index (χ1v) is 13.6. The zero-order valence-electron chi connectivity index (χ0n) is 21.9. The third-order valence-electron chi connectivity index (χ3n) is 5.60. The van der Waals surface area contributed by atoms with Gasteiger partial charge in [0.25, 0.3) is 11.8 Å². The van der Waals surface area contributed by atoms with E-state index in [1.807, 2.05) is 0 Å². The molecule has 0 aromatic heterocycles. The van der Waals surface area contributed by atoms with Crippen molar-refractivity contribution in [1.29, 1.82) is 0 Å². The van der Waals surface area contributed by atoms with Gasteiger partial charge in [0.15, 0.2) is 0 Å². The Morgan fingerprint density at radius 2 is 0.829 bits per heavy atom. The van der Waals surface area contributed by atoms with Gasteiger partial charge in [-0.2, -0.15) is 0 Å². The number of rotatable bonds is 8. The lowest BCUT2D eigenvalue weighted by molar-refractivity contribution is -0.132. The Morgan fingerprint density at radius 3 is 1.12 bits per heavy atom. The summed E-state index contributed by atoms with van der Waals surface area (Å²) in [5.74, 6) is -1.17. The summed E-state index contributed by atoms with van der Waals surface area (Å²) in [4.78, 5) is 47.1. The highest BCUT2D eigenvalue weighted by atomic mass is 32.2. The number of amides is 2. The average Bonchev–Trinajstić information content (AvgIpc) is 2.94. The van der Waals surface area contributed by atoms with E-state index in [4.69, 9.17) is 9.47 Å². The Bertz CT molecular complexity index is 1570. The highest BCUT2D eigenvalue weighted by Gasteiger charge is 2.18. The van der Waals surface area contributed by atoms with Crippen molar-refractivity contribution in [3.8, 4) is 11.5 Å². The second-order valence-corrected chi connectivity index (χ2v) is 10.6. The van der Waals surface area contributed by atoms with Gasteiger partial charge in [-0.1, -0.05) is 0 Å². The van der Waals surface area contributed by atoms with Crippen LogP contribution in [0.3, 0.4) is 0 Å². The summed E-state index contributed by atoms with van der Waals surface area (Å²) in [5, 5.41) is 5.37. The first-order chi connectivity index (χ1) is 19.5. The fourth-order valence-corrected chi connectivity index (χ4v) is 4.92. The van der Waals surface area contributed by atoms with Crippen molar-refractivity contribution < 1.29 is 37.1 Å². The molecule has 0 heterocycles. The van der Waals surface area contributed by atoms with Gasteiger partial charge < -0.3 is 20.1 Å². The molecule has 0 spiro atoms. The highest BCUT2D eigenvalue weighted by molar-refractivity contribution is 7.91. The molecular formula is C30H24N2O8S. The lowest BCUT2D eigenvalue weighted by atomic mass is 10.2. The van der Waals surface area contributed by atoms with E-state index in [-0.39, 0.29) is 9.79 Å². The van der Waals surface area contributed by atoms with Crippen molar-refractivity contribution in [3.63, 3.8) is 0 Å². The third-order valence-corrected chi connectivity index (χ3v) is 7.39. The first kappa shape index (κ1) is 28.7. The van der Waals surface area contributed by atoms with Crippen molar-refractivity contribution in [2.24, 2.45) is 0 Å². The van der Waals surface area contributed by atoms with Crippen LogP contribution in [0.5, 0.6) is 11.5 Å². The number of nitrogens with one attached hydrogen (secondary N) is 2. The molecule has 0 bridgehead atoms. The minimum absolute atomic E-state index is 0.0193. The van der Waals surface area contributed by atoms with Crippen molar-refractivity contribution in [2.45, 2.75) is 23.6 Å².